The normalized spacial score (nSPS) is 10.9. The number of amides is 2. The molecule has 1 aromatic carbocycles. The highest BCUT2D eigenvalue weighted by Gasteiger charge is 2.20. The summed E-state index contributed by atoms with van der Waals surface area (Å²) in [6, 6.07) is 6.92. The van der Waals surface area contributed by atoms with Crippen LogP contribution in [-0.4, -0.2) is 43.3 Å². The van der Waals surface area contributed by atoms with Crippen LogP contribution in [0.25, 0.3) is 5.82 Å². The third-order valence-electron chi connectivity index (χ3n) is 3.42. The summed E-state index contributed by atoms with van der Waals surface area (Å²) in [5.74, 6) is -0.548. The van der Waals surface area contributed by atoms with Crippen LogP contribution in [-0.2, 0) is 4.79 Å². The maximum Gasteiger partial charge on any atom is 0.293 e. The molecule has 0 fully saturated rings. The van der Waals surface area contributed by atoms with Gasteiger partial charge < -0.3 is 11.1 Å². The molecule has 0 aliphatic heterocycles. The number of anilines is 2. The highest BCUT2D eigenvalue weighted by Crippen LogP contribution is 2.14. The van der Waals surface area contributed by atoms with Crippen LogP contribution in [0, 0.1) is 6.92 Å². The number of rotatable bonds is 5. The minimum absolute atomic E-state index is 0.0238. The lowest BCUT2D eigenvalue weighted by Crippen LogP contribution is -2.19. The van der Waals surface area contributed by atoms with Crippen molar-refractivity contribution < 1.29 is 14.2 Å². The molecule has 0 saturated heterocycles. The van der Waals surface area contributed by atoms with Gasteiger partial charge in [0.05, 0.1) is 11.9 Å². The highest BCUT2D eigenvalue weighted by molar-refractivity contribution is 5.94. The molecule has 0 atom stereocenters. The number of aromatic nitrogens is 5. The molecule has 27 heavy (non-hydrogen) atoms. The summed E-state index contributed by atoms with van der Waals surface area (Å²) in [5.41, 5.74) is 9.81. The van der Waals surface area contributed by atoms with E-state index in [0.29, 0.717) is 11.4 Å². The fourth-order valence-corrected chi connectivity index (χ4v) is 2.15. The molecule has 3 aromatic rings. The predicted octanol–water partition coefficient (Wildman–Crippen LogP) is 0.263. The zero-order chi connectivity index (χ0) is 19.4. The fraction of sp³-hybridized carbons (Fsp3) is 0.133. The first-order valence-electron chi connectivity index (χ1n) is 7.67. The van der Waals surface area contributed by atoms with E-state index in [2.05, 4.69) is 41.1 Å². The number of hydrogen-bond acceptors (Lipinski definition) is 9. The number of hydrazone groups is 1. The van der Waals surface area contributed by atoms with Gasteiger partial charge in [-0.25, -0.2) is 10.1 Å². The summed E-state index contributed by atoms with van der Waals surface area (Å²) >= 11 is 0. The number of nitrogen functional groups attached to an aromatic ring is 1. The summed E-state index contributed by atoms with van der Waals surface area (Å²) in [7, 11) is 0. The zero-order valence-electron chi connectivity index (χ0n) is 14.4. The van der Waals surface area contributed by atoms with Crippen LogP contribution in [0.4, 0.5) is 11.5 Å². The van der Waals surface area contributed by atoms with E-state index in [1.54, 1.807) is 31.2 Å². The molecule has 0 bridgehead atoms. The molecule has 2 amide bonds. The van der Waals surface area contributed by atoms with Crippen molar-refractivity contribution in [1.82, 2.24) is 30.7 Å². The van der Waals surface area contributed by atoms with Crippen LogP contribution in [0.3, 0.4) is 0 Å². The average molecular weight is 369 g/mol. The number of nitrogens with zero attached hydrogens (tertiary/aromatic N) is 6. The Kier molecular flexibility index (Phi) is 4.88. The Morgan fingerprint density at radius 2 is 2.00 bits per heavy atom. The molecule has 3 rings (SSSR count). The quantitative estimate of drug-likeness (QED) is 0.425. The van der Waals surface area contributed by atoms with E-state index >= 15 is 0 Å². The van der Waals surface area contributed by atoms with Gasteiger partial charge in [0.15, 0.2) is 5.69 Å². The van der Waals surface area contributed by atoms with E-state index < -0.39 is 5.91 Å². The lowest BCUT2D eigenvalue weighted by molar-refractivity contribution is -0.114. The average Bonchev–Trinajstić information content (AvgIpc) is 3.21. The Hall–Kier alpha value is -4.09. The minimum atomic E-state index is -0.556. The molecule has 0 saturated carbocycles. The van der Waals surface area contributed by atoms with Gasteiger partial charge in [0, 0.05) is 12.6 Å². The second-order valence-electron chi connectivity index (χ2n) is 5.41. The molecule has 0 aliphatic carbocycles. The van der Waals surface area contributed by atoms with E-state index in [4.69, 9.17) is 5.73 Å². The van der Waals surface area contributed by atoms with Gasteiger partial charge in [-0.2, -0.15) is 9.78 Å². The van der Waals surface area contributed by atoms with Gasteiger partial charge in [0.25, 0.3) is 5.91 Å². The van der Waals surface area contributed by atoms with Gasteiger partial charge in [0.1, 0.15) is 0 Å². The number of carbonyl (C=O) groups is 2. The Balaban J connectivity index is 1.66. The number of carbonyl (C=O) groups excluding carboxylic acids is 2. The van der Waals surface area contributed by atoms with Crippen LogP contribution >= 0.6 is 0 Å². The summed E-state index contributed by atoms with van der Waals surface area (Å²) in [6.45, 7) is 3.05. The second kappa shape index (κ2) is 7.43. The molecular weight excluding hydrogens is 354 g/mol. The smallest absolute Gasteiger partial charge is 0.293 e. The van der Waals surface area contributed by atoms with Crippen molar-refractivity contribution in [2.75, 3.05) is 11.1 Å². The molecule has 0 unspecified atom stereocenters. The molecular formula is C15H15N9O3. The Bertz CT molecular complexity index is 1000. The first kappa shape index (κ1) is 17.7. The van der Waals surface area contributed by atoms with E-state index in [0.717, 1.165) is 5.56 Å². The lowest BCUT2D eigenvalue weighted by atomic mass is 10.2. The number of benzene rings is 1. The van der Waals surface area contributed by atoms with E-state index in [1.807, 2.05) is 0 Å². The first-order chi connectivity index (χ1) is 13.0. The van der Waals surface area contributed by atoms with Gasteiger partial charge in [0.2, 0.25) is 17.5 Å². The SMILES string of the molecule is CC(=O)Nc1ccc(C=NNC(=O)c2nnn(-c3nonc3N)c2C)cc1. The summed E-state index contributed by atoms with van der Waals surface area (Å²) in [4.78, 5) is 23.2. The standard InChI is InChI=1S/C15H15N9O3/c1-8-12(19-23-24(8)14-13(16)21-27-22-14)15(26)20-17-7-10-3-5-11(6-4-10)18-9(2)25/h3-7H,1-2H3,(H2,16,21)(H,18,25)(H,20,26). The van der Waals surface area contributed by atoms with Gasteiger partial charge in [-0.3, -0.25) is 9.59 Å². The highest BCUT2D eigenvalue weighted by atomic mass is 16.6. The molecule has 12 heteroatoms. The second-order valence-corrected chi connectivity index (χ2v) is 5.41. The Labute approximate surface area is 152 Å². The van der Waals surface area contributed by atoms with Gasteiger partial charge in [-0.1, -0.05) is 17.3 Å². The maximum atomic E-state index is 12.2. The summed E-state index contributed by atoms with van der Waals surface area (Å²) in [5, 5.41) is 21.2. The lowest BCUT2D eigenvalue weighted by Gasteiger charge is -2.01. The van der Waals surface area contributed by atoms with Gasteiger partial charge in [-0.05, 0) is 34.9 Å². The van der Waals surface area contributed by atoms with Crippen LogP contribution < -0.4 is 16.5 Å². The van der Waals surface area contributed by atoms with Crippen LogP contribution in [0.5, 0.6) is 0 Å². The fourth-order valence-electron chi connectivity index (χ4n) is 2.15. The molecule has 4 N–H and O–H groups in total. The zero-order valence-corrected chi connectivity index (χ0v) is 14.4. The largest absolute Gasteiger partial charge is 0.378 e. The van der Waals surface area contributed by atoms with E-state index in [1.165, 1.54) is 17.8 Å². The summed E-state index contributed by atoms with van der Waals surface area (Å²) < 4.78 is 5.75. The Morgan fingerprint density at radius 1 is 1.26 bits per heavy atom. The van der Waals surface area contributed by atoms with Crippen molar-refractivity contribution in [3.05, 3.63) is 41.2 Å². The molecule has 0 radical (unpaired) electrons. The molecule has 12 nitrogen and oxygen atoms in total. The number of hydrogen-bond donors (Lipinski definition) is 3. The molecule has 2 aromatic heterocycles. The van der Waals surface area contributed by atoms with Crippen molar-refractivity contribution >= 4 is 29.5 Å². The van der Waals surface area contributed by atoms with Gasteiger partial charge in [-0.15, -0.1) is 5.10 Å². The topological polar surface area (TPSA) is 166 Å². The summed E-state index contributed by atoms with van der Waals surface area (Å²) in [6.07, 6.45) is 1.45. The van der Waals surface area contributed by atoms with E-state index in [9.17, 15) is 9.59 Å². The van der Waals surface area contributed by atoms with E-state index in [-0.39, 0.29) is 23.2 Å². The van der Waals surface area contributed by atoms with Crippen molar-refractivity contribution in [2.45, 2.75) is 13.8 Å². The molecule has 138 valence electrons. The third kappa shape index (κ3) is 3.95. The Morgan fingerprint density at radius 3 is 2.63 bits per heavy atom. The van der Waals surface area contributed by atoms with Crippen LogP contribution in [0.15, 0.2) is 34.0 Å². The molecule has 0 spiro atoms. The van der Waals surface area contributed by atoms with Crippen molar-refractivity contribution in [3.8, 4) is 5.82 Å². The molecule has 0 aliphatic rings. The van der Waals surface area contributed by atoms with Gasteiger partial charge >= 0.3 is 0 Å². The monoisotopic (exact) mass is 369 g/mol. The van der Waals surface area contributed by atoms with Crippen molar-refractivity contribution in [3.63, 3.8) is 0 Å². The third-order valence-corrected chi connectivity index (χ3v) is 3.42. The number of nitrogens with one attached hydrogen (secondary N) is 2. The number of nitrogens with two attached hydrogens (primary N) is 1. The minimum Gasteiger partial charge on any atom is -0.378 e. The van der Waals surface area contributed by atoms with Crippen molar-refractivity contribution in [2.24, 2.45) is 5.10 Å². The van der Waals surface area contributed by atoms with Crippen molar-refractivity contribution in [1.29, 1.82) is 0 Å². The first-order valence-corrected chi connectivity index (χ1v) is 7.67. The predicted molar refractivity (Wildman–Crippen MR) is 94.2 cm³/mol. The maximum absolute atomic E-state index is 12.2. The molecule has 2 heterocycles. The van der Waals surface area contributed by atoms with Crippen LogP contribution in [0.1, 0.15) is 28.7 Å². The van der Waals surface area contributed by atoms with Crippen LogP contribution in [0.2, 0.25) is 0 Å².